The van der Waals surface area contributed by atoms with Gasteiger partial charge in [-0.2, -0.15) is 11.3 Å². The number of carbonyl (C=O) groups excluding carboxylic acids is 1. The number of carbonyl (C=O) groups is 1. The Balaban J connectivity index is 1.78. The summed E-state index contributed by atoms with van der Waals surface area (Å²) in [6, 6.07) is 15.5. The molecule has 0 saturated heterocycles. The van der Waals surface area contributed by atoms with Crippen LogP contribution in [0.5, 0.6) is 0 Å². The quantitative estimate of drug-likeness (QED) is 0.534. The topological polar surface area (TPSA) is 46.1 Å². The minimum Gasteiger partial charge on any atom is -0.337 e. The fraction of sp³-hybridized carbons (Fsp3) is 0.0952. The number of aromatic nitrogens is 2. The summed E-state index contributed by atoms with van der Waals surface area (Å²) in [6.07, 6.45) is 3.47. The van der Waals surface area contributed by atoms with Gasteiger partial charge >= 0.3 is 0 Å². The van der Waals surface area contributed by atoms with Crippen LogP contribution < -0.4 is 0 Å². The van der Waals surface area contributed by atoms with Crippen LogP contribution in [0.2, 0.25) is 0 Å². The van der Waals surface area contributed by atoms with Crippen molar-refractivity contribution in [2.75, 3.05) is 7.05 Å². The second kappa shape index (κ2) is 7.06. The van der Waals surface area contributed by atoms with Crippen molar-refractivity contribution < 1.29 is 4.79 Å². The number of fused-ring (bicyclic) bond motifs is 1. The van der Waals surface area contributed by atoms with Crippen molar-refractivity contribution in [1.82, 2.24) is 14.9 Å². The summed E-state index contributed by atoms with van der Waals surface area (Å²) in [5, 5.41) is 4.96. The van der Waals surface area contributed by atoms with Crippen molar-refractivity contribution >= 4 is 28.1 Å². The summed E-state index contributed by atoms with van der Waals surface area (Å²) in [6.45, 7) is 0.587. The third kappa shape index (κ3) is 3.21. The summed E-state index contributed by atoms with van der Waals surface area (Å²) in [5.41, 5.74) is 4.34. The highest BCUT2D eigenvalue weighted by molar-refractivity contribution is 7.07. The zero-order chi connectivity index (χ0) is 17.9. The second-order valence-corrected chi connectivity index (χ2v) is 6.88. The molecule has 0 aliphatic rings. The van der Waals surface area contributed by atoms with Gasteiger partial charge in [-0.1, -0.05) is 18.2 Å². The average molecular weight is 359 g/mol. The first kappa shape index (κ1) is 16.4. The molecule has 4 rings (SSSR count). The second-order valence-electron chi connectivity index (χ2n) is 6.10. The van der Waals surface area contributed by atoms with E-state index in [2.05, 4.69) is 10.4 Å². The van der Waals surface area contributed by atoms with E-state index < -0.39 is 0 Å². The van der Waals surface area contributed by atoms with E-state index in [0.29, 0.717) is 12.1 Å². The van der Waals surface area contributed by atoms with Crippen molar-refractivity contribution in [3.8, 4) is 11.3 Å². The highest BCUT2D eigenvalue weighted by Crippen LogP contribution is 2.25. The molecular weight excluding hydrogens is 342 g/mol. The summed E-state index contributed by atoms with van der Waals surface area (Å²) in [7, 11) is 1.83. The number of rotatable bonds is 4. The molecule has 0 unspecified atom stereocenters. The van der Waals surface area contributed by atoms with E-state index in [0.717, 1.165) is 27.7 Å². The van der Waals surface area contributed by atoms with Crippen molar-refractivity contribution in [1.29, 1.82) is 0 Å². The van der Waals surface area contributed by atoms with E-state index in [1.165, 1.54) is 0 Å². The van der Waals surface area contributed by atoms with Crippen LogP contribution in [-0.4, -0.2) is 27.8 Å². The standard InChI is InChI=1S/C21H17N3OS/c1-24(13-15-8-11-26-14-15)21(25)18-12-20(16-6-9-22-10-7-16)23-19-5-3-2-4-17(18)19/h2-12,14H,13H2,1H3. The van der Waals surface area contributed by atoms with Gasteiger partial charge in [0.15, 0.2) is 0 Å². The fourth-order valence-corrected chi connectivity index (χ4v) is 3.62. The molecule has 0 atom stereocenters. The van der Waals surface area contributed by atoms with Gasteiger partial charge in [-0.15, -0.1) is 0 Å². The molecule has 26 heavy (non-hydrogen) atoms. The Morgan fingerprint density at radius 3 is 2.69 bits per heavy atom. The molecule has 128 valence electrons. The lowest BCUT2D eigenvalue weighted by molar-refractivity contribution is 0.0787. The molecular formula is C21H17N3OS. The first-order valence-electron chi connectivity index (χ1n) is 8.29. The number of hydrogen-bond donors (Lipinski definition) is 0. The van der Waals surface area contributed by atoms with Gasteiger partial charge in [-0.3, -0.25) is 9.78 Å². The van der Waals surface area contributed by atoms with Crippen LogP contribution in [0.25, 0.3) is 22.2 Å². The lowest BCUT2D eigenvalue weighted by Gasteiger charge is -2.18. The maximum atomic E-state index is 13.2. The molecule has 5 heteroatoms. The van der Waals surface area contributed by atoms with Gasteiger partial charge in [-0.05, 0) is 46.7 Å². The highest BCUT2D eigenvalue weighted by Gasteiger charge is 2.17. The van der Waals surface area contributed by atoms with Crippen molar-refractivity contribution in [2.45, 2.75) is 6.54 Å². The largest absolute Gasteiger partial charge is 0.337 e. The zero-order valence-electron chi connectivity index (χ0n) is 14.3. The predicted octanol–water partition coefficient (Wildman–Crippen LogP) is 4.63. The smallest absolute Gasteiger partial charge is 0.254 e. The summed E-state index contributed by atoms with van der Waals surface area (Å²) in [5.74, 6) is -0.00916. The molecule has 3 heterocycles. The molecule has 0 aliphatic carbocycles. The third-order valence-electron chi connectivity index (χ3n) is 4.27. The lowest BCUT2D eigenvalue weighted by atomic mass is 10.0. The number of pyridine rings is 2. The van der Waals surface area contributed by atoms with Crippen molar-refractivity contribution in [2.24, 2.45) is 0 Å². The molecule has 0 radical (unpaired) electrons. The Bertz CT molecular complexity index is 1050. The Labute approximate surface area is 155 Å². The normalized spacial score (nSPS) is 10.8. The number of amides is 1. The SMILES string of the molecule is CN(Cc1ccsc1)C(=O)c1cc(-c2ccncc2)nc2ccccc12. The van der Waals surface area contributed by atoms with E-state index in [-0.39, 0.29) is 5.91 Å². The average Bonchev–Trinajstić information content (AvgIpc) is 3.20. The fourth-order valence-electron chi connectivity index (χ4n) is 2.96. The van der Waals surface area contributed by atoms with Gasteiger partial charge in [0, 0.05) is 36.9 Å². The molecule has 0 fully saturated rings. The van der Waals surface area contributed by atoms with Gasteiger partial charge in [0.25, 0.3) is 5.91 Å². The van der Waals surface area contributed by atoms with E-state index in [1.807, 2.05) is 61.0 Å². The molecule has 0 spiro atoms. The summed E-state index contributed by atoms with van der Waals surface area (Å²) < 4.78 is 0. The Hall–Kier alpha value is -3.05. The Morgan fingerprint density at radius 2 is 1.92 bits per heavy atom. The first-order chi connectivity index (χ1) is 12.7. The molecule has 0 aliphatic heterocycles. The van der Waals surface area contributed by atoms with E-state index in [4.69, 9.17) is 4.98 Å². The van der Waals surface area contributed by atoms with Crippen LogP contribution in [0.3, 0.4) is 0 Å². The highest BCUT2D eigenvalue weighted by atomic mass is 32.1. The van der Waals surface area contributed by atoms with E-state index >= 15 is 0 Å². The van der Waals surface area contributed by atoms with Gasteiger partial charge in [0.1, 0.15) is 0 Å². The maximum Gasteiger partial charge on any atom is 0.254 e. The van der Waals surface area contributed by atoms with E-state index in [1.54, 1.807) is 28.6 Å². The number of para-hydroxylation sites is 1. The van der Waals surface area contributed by atoms with Crippen molar-refractivity contribution in [3.05, 3.63) is 82.8 Å². The number of benzene rings is 1. The number of thiophene rings is 1. The third-order valence-corrected chi connectivity index (χ3v) is 5.00. The van der Waals surface area contributed by atoms with Gasteiger partial charge < -0.3 is 4.90 Å². The minimum atomic E-state index is -0.00916. The summed E-state index contributed by atoms with van der Waals surface area (Å²) in [4.78, 5) is 23.7. The van der Waals surface area contributed by atoms with Crippen LogP contribution >= 0.6 is 11.3 Å². The Kier molecular flexibility index (Phi) is 4.46. The van der Waals surface area contributed by atoms with E-state index in [9.17, 15) is 4.79 Å². The van der Waals surface area contributed by atoms with Crippen LogP contribution in [0.1, 0.15) is 15.9 Å². The van der Waals surface area contributed by atoms with Crippen LogP contribution in [-0.2, 0) is 6.54 Å². The molecule has 4 nitrogen and oxygen atoms in total. The molecule has 1 aromatic carbocycles. The summed E-state index contributed by atoms with van der Waals surface area (Å²) >= 11 is 1.64. The van der Waals surface area contributed by atoms with Crippen molar-refractivity contribution in [3.63, 3.8) is 0 Å². The number of hydrogen-bond acceptors (Lipinski definition) is 4. The van der Waals surface area contributed by atoms with Gasteiger partial charge in [0.2, 0.25) is 0 Å². The lowest BCUT2D eigenvalue weighted by Crippen LogP contribution is -2.26. The zero-order valence-corrected chi connectivity index (χ0v) is 15.1. The van der Waals surface area contributed by atoms with Gasteiger partial charge in [-0.25, -0.2) is 4.98 Å². The molecule has 3 aromatic heterocycles. The molecule has 4 aromatic rings. The van der Waals surface area contributed by atoms with Gasteiger partial charge in [0.05, 0.1) is 16.8 Å². The maximum absolute atomic E-state index is 13.2. The van der Waals surface area contributed by atoms with Crippen LogP contribution in [0, 0.1) is 0 Å². The molecule has 0 N–H and O–H groups in total. The molecule has 1 amide bonds. The van der Waals surface area contributed by atoms with Crippen LogP contribution in [0.4, 0.5) is 0 Å². The first-order valence-corrected chi connectivity index (χ1v) is 9.23. The monoisotopic (exact) mass is 359 g/mol. The Morgan fingerprint density at radius 1 is 1.12 bits per heavy atom. The molecule has 0 bridgehead atoms. The minimum absolute atomic E-state index is 0.00916. The number of nitrogens with zero attached hydrogens (tertiary/aromatic N) is 3. The van der Waals surface area contributed by atoms with Crippen LogP contribution in [0.15, 0.2) is 71.7 Å². The molecule has 0 saturated carbocycles. The predicted molar refractivity (Wildman–Crippen MR) is 105 cm³/mol.